The lowest BCUT2D eigenvalue weighted by Crippen LogP contribution is -2.52. The van der Waals surface area contributed by atoms with Gasteiger partial charge in [0.25, 0.3) is 11.5 Å². The van der Waals surface area contributed by atoms with E-state index in [0.717, 1.165) is 11.8 Å². The molecule has 4 amide bonds. The molecule has 5 N–H and O–H groups in total. The quantitative estimate of drug-likeness (QED) is 0.204. The molecule has 4 atom stereocenters. The second-order valence-corrected chi connectivity index (χ2v) is 11.1. The van der Waals surface area contributed by atoms with Crippen LogP contribution in [0.1, 0.15) is 54.2 Å². The van der Waals surface area contributed by atoms with Crippen molar-refractivity contribution in [1.29, 1.82) is 0 Å². The largest absolute Gasteiger partial charge is 0.446 e. The number of hydrogen-bond acceptors (Lipinski definition) is 9. The lowest BCUT2D eigenvalue weighted by atomic mass is 10.0. The minimum atomic E-state index is -1.24. The van der Waals surface area contributed by atoms with Crippen molar-refractivity contribution >= 4 is 34.5 Å². The van der Waals surface area contributed by atoms with E-state index in [1.54, 1.807) is 24.3 Å². The molecular formula is C32H35N7O7. The number of aromatic nitrogens is 3. The van der Waals surface area contributed by atoms with Crippen LogP contribution in [0.2, 0.25) is 0 Å². The lowest BCUT2D eigenvalue weighted by molar-refractivity contribution is -0.130. The van der Waals surface area contributed by atoms with Crippen LogP contribution in [0.15, 0.2) is 76.4 Å². The van der Waals surface area contributed by atoms with E-state index in [9.17, 15) is 29.1 Å². The maximum Gasteiger partial charge on any atom is 0.273 e. The molecule has 46 heavy (non-hydrogen) atoms. The monoisotopic (exact) mass is 629 g/mol. The van der Waals surface area contributed by atoms with Gasteiger partial charge in [0.1, 0.15) is 30.9 Å². The molecule has 3 heterocycles. The van der Waals surface area contributed by atoms with Crippen LogP contribution in [-0.4, -0.2) is 68.0 Å². The number of amides is 4. The van der Waals surface area contributed by atoms with Crippen molar-refractivity contribution in [2.75, 3.05) is 6.54 Å². The van der Waals surface area contributed by atoms with Gasteiger partial charge in [-0.15, -0.1) is 0 Å². The number of fused-ring (bicyclic) bond motifs is 3. The molecule has 4 aromatic rings. The Morgan fingerprint density at radius 2 is 1.80 bits per heavy atom. The summed E-state index contributed by atoms with van der Waals surface area (Å²) >= 11 is 0. The van der Waals surface area contributed by atoms with Crippen molar-refractivity contribution in [3.8, 4) is 0 Å². The first-order chi connectivity index (χ1) is 22.2. The molecular weight excluding hydrogens is 594 g/mol. The minimum absolute atomic E-state index is 0.0337. The third-order valence-corrected chi connectivity index (χ3v) is 7.62. The summed E-state index contributed by atoms with van der Waals surface area (Å²) in [6, 6.07) is 13.0. The van der Waals surface area contributed by atoms with Crippen LogP contribution < -0.4 is 26.8 Å². The van der Waals surface area contributed by atoms with Crippen molar-refractivity contribution in [2.24, 2.45) is 0 Å². The molecule has 1 aliphatic rings. The van der Waals surface area contributed by atoms with E-state index in [0.29, 0.717) is 23.7 Å². The second kappa shape index (κ2) is 14.6. The Hall–Kier alpha value is -5.37. The number of nitrogens with one attached hydrogen (secondary N) is 4. The van der Waals surface area contributed by atoms with Crippen LogP contribution >= 0.6 is 0 Å². The summed E-state index contributed by atoms with van der Waals surface area (Å²) in [6.45, 7) is 1.23. The van der Waals surface area contributed by atoms with Crippen LogP contribution in [0.4, 0.5) is 0 Å². The van der Waals surface area contributed by atoms with E-state index in [4.69, 9.17) is 4.42 Å². The molecule has 240 valence electrons. The van der Waals surface area contributed by atoms with Crippen molar-refractivity contribution in [1.82, 2.24) is 35.8 Å². The first kappa shape index (κ1) is 32.0. The summed E-state index contributed by atoms with van der Waals surface area (Å²) in [5.74, 6) is -2.38. The van der Waals surface area contributed by atoms with Crippen LogP contribution in [0.25, 0.3) is 10.9 Å². The van der Waals surface area contributed by atoms with Gasteiger partial charge in [0.2, 0.25) is 23.6 Å². The zero-order chi connectivity index (χ0) is 32.6. The summed E-state index contributed by atoms with van der Waals surface area (Å²) in [5, 5.41) is 21.4. The van der Waals surface area contributed by atoms with Crippen molar-refractivity contribution < 1.29 is 28.7 Å². The van der Waals surface area contributed by atoms with E-state index >= 15 is 0 Å². The number of benzene rings is 2. The molecule has 0 radical (unpaired) electrons. The fraction of sp³-hybridized carbons (Fsp3) is 0.344. The molecule has 2 bridgehead atoms. The third kappa shape index (κ3) is 7.82. The summed E-state index contributed by atoms with van der Waals surface area (Å²) in [7, 11) is 0. The fourth-order valence-electron chi connectivity index (χ4n) is 5.17. The van der Waals surface area contributed by atoms with Crippen LogP contribution in [-0.2, 0) is 27.3 Å². The minimum Gasteiger partial charge on any atom is -0.446 e. The number of oxazole rings is 1. The molecule has 0 fully saturated rings. The molecule has 14 nitrogen and oxygen atoms in total. The summed E-state index contributed by atoms with van der Waals surface area (Å²) < 4.78 is 6.81. The molecule has 5 rings (SSSR count). The lowest BCUT2D eigenvalue weighted by Gasteiger charge is -2.23. The van der Waals surface area contributed by atoms with Crippen LogP contribution in [0.3, 0.4) is 0 Å². The number of nitrogens with zero attached hydrogens (tertiary/aromatic N) is 3. The Morgan fingerprint density at radius 1 is 1.04 bits per heavy atom. The Kier molecular flexibility index (Phi) is 10.2. The number of aliphatic hydroxyl groups is 1. The number of para-hydroxylation sites is 1. The Labute approximate surface area is 263 Å². The Morgan fingerprint density at radius 3 is 2.59 bits per heavy atom. The highest BCUT2D eigenvalue weighted by Crippen LogP contribution is 2.20. The normalized spacial score (nSPS) is 20.3. The van der Waals surface area contributed by atoms with E-state index in [1.807, 2.05) is 30.3 Å². The summed E-state index contributed by atoms with van der Waals surface area (Å²) in [5.41, 5.74) is 0.818. The number of rotatable bonds is 6. The van der Waals surface area contributed by atoms with Crippen molar-refractivity contribution in [3.63, 3.8) is 0 Å². The van der Waals surface area contributed by atoms with Gasteiger partial charge in [-0.25, -0.2) is 9.97 Å². The molecule has 0 aliphatic carbocycles. The molecule has 0 spiro atoms. The van der Waals surface area contributed by atoms with Gasteiger partial charge in [0.15, 0.2) is 5.69 Å². The molecule has 14 heteroatoms. The smallest absolute Gasteiger partial charge is 0.273 e. The maximum atomic E-state index is 13.7. The van der Waals surface area contributed by atoms with Crippen molar-refractivity contribution in [3.05, 3.63) is 94.7 Å². The molecule has 1 aliphatic heterocycles. The number of carbonyl (C=O) groups is 4. The molecule has 2 aromatic heterocycles. The third-order valence-electron chi connectivity index (χ3n) is 7.62. The molecule has 0 saturated carbocycles. The zero-order valence-electron chi connectivity index (χ0n) is 25.1. The van der Waals surface area contributed by atoms with E-state index < -0.39 is 47.9 Å². The van der Waals surface area contributed by atoms with Crippen LogP contribution in [0.5, 0.6) is 0 Å². The summed E-state index contributed by atoms with van der Waals surface area (Å²) in [4.78, 5) is 74.1. The average molecular weight is 630 g/mol. The average Bonchev–Trinajstić information content (AvgIpc) is 3.54. The second-order valence-electron chi connectivity index (χ2n) is 11.1. The fourth-order valence-corrected chi connectivity index (χ4v) is 5.17. The van der Waals surface area contributed by atoms with Gasteiger partial charge in [0.05, 0.1) is 23.3 Å². The Balaban J connectivity index is 1.40. The first-order valence-corrected chi connectivity index (χ1v) is 15.0. The predicted octanol–water partition coefficient (Wildman–Crippen LogP) is 0.749. The van der Waals surface area contributed by atoms with Crippen molar-refractivity contribution in [2.45, 2.75) is 63.4 Å². The van der Waals surface area contributed by atoms with Gasteiger partial charge in [-0.2, -0.15) is 0 Å². The zero-order valence-corrected chi connectivity index (χ0v) is 25.1. The van der Waals surface area contributed by atoms with Gasteiger partial charge in [0, 0.05) is 13.0 Å². The van der Waals surface area contributed by atoms with E-state index in [1.165, 1.54) is 17.8 Å². The summed E-state index contributed by atoms with van der Waals surface area (Å²) in [6.07, 6.45) is 2.54. The van der Waals surface area contributed by atoms with Gasteiger partial charge in [-0.05, 0) is 43.9 Å². The predicted molar refractivity (Wildman–Crippen MR) is 165 cm³/mol. The number of aliphatic hydroxyl groups excluding tert-OH is 1. The van der Waals surface area contributed by atoms with Gasteiger partial charge >= 0.3 is 0 Å². The Bertz CT molecular complexity index is 1770. The van der Waals surface area contributed by atoms with Gasteiger partial charge in [-0.3, -0.25) is 28.5 Å². The SMILES string of the molecule is C[C@@H](O)[C@@H]1NC(=O)c2coc(n2)[C@H](Cc2ccccc2)NC(=O)[C@@H](NC(=O)Cn2cnc3ccccc3c2=O)CCCCNC1=O. The molecule has 2 aromatic carbocycles. The number of carbonyl (C=O) groups excluding carboxylic acids is 4. The van der Waals surface area contributed by atoms with Crippen LogP contribution in [0, 0.1) is 0 Å². The highest BCUT2D eigenvalue weighted by atomic mass is 16.3. The topological polar surface area (TPSA) is 198 Å². The van der Waals surface area contributed by atoms with E-state index in [2.05, 4.69) is 31.2 Å². The highest BCUT2D eigenvalue weighted by molar-refractivity contribution is 5.96. The standard InChI is InChI=1S/C32H35N7O7/c1-19(40)27-30(44)33-14-8-7-13-23(35-26(41)16-39-18-34-22-12-6-5-11-21(22)32(39)45)28(42)36-24(15-20-9-3-2-4-10-20)31-37-25(17-46-31)29(43)38-27/h2-6,9-12,17-19,23-24,27,40H,7-8,13-16H2,1H3,(H,33,44)(H,35,41)(H,36,42)(H,38,43)/t19-,23+,24+,27+/m1/s1. The number of hydrogen-bond donors (Lipinski definition) is 5. The first-order valence-electron chi connectivity index (χ1n) is 15.0. The maximum absolute atomic E-state index is 13.7. The molecule has 0 unspecified atom stereocenters. The molecule has 0 saturated heterocycles. The van der Waals surface area contributed by atoms with Gasteiger partial charge < -0.3 is 30.8 Å². The van der Waals surface area contributed by atoms with Gasteiger partial charge in [-0.1, -0.05) is 42.5 Å². The highest BCUT2D eigenvalue weighted by Gasteiger charge is 2.30. The van der Waals surface area contributed by atoms with E-state index in [-0.39, 0.29) is 43.1 Å².